The first-order valence-corrected chi connectivity index (χ1v) is 9.47. The monoisotopic (exact) mass is 336 g/mol. The van der Waals surface area contributed by atoms with Crippen LogP contribution in [0.4, 0.5) is 0 Å². The number of fused-ring (bicyclic) bond motifs is 2. The van der Waals surface area contributed by atoms with Gasteiger partial charge in [0.1, 0.15) is 0 Å². The summed E-state index contributed by atoms with van der Waals surface area (Å²) in [6.45, 7) is 11.4. The number of rotatable bonds is 0. The second kappa shape index (κ2) is 4.98. The molecule has 0 heterocycles. The smallest absolute Gasteiger partial charge is 0.00235 e. The second-order valence-corrected chi connectivity index (χ2v) is 8.78. The normalized spacial score (nSPS) is 12.8. The van der Waals surface area contributed by atoms with E-state index in [4.69, 9.17) is 0 Å². The fourth-order valence-electron chi connectivity index (χ4n) is 4.50. The highest BCUT2D eigenvalue weighted by molar-refractivity contribution is 6.33. The summed E-state index contributed by atoms with van der Waals surface area (Å²) >= 11 is 0. The zero-order valence-corrected chi connectivity index (χ0v) is 16.2. The summed E-state index contributed by atoms with van der Waals surface area (Å²) in [5.74, 6) is 0. The molecular formula is C26H24. The minimum Gasteiger partial charge on any atom is -0.0610 e. The van der Waals surface area contributed by atoms with E-state index in [1.165, 1.54) is 59.8 Å². The van der Waals surface area contributed by atoms with E-state index in [0.29, 0.717) is 0 Å². The Labute approximate surface area is 154 Å². The third-order valence-electron chi connectivity index (χ3n) is 6.04. The van der Waals surface area contributed by atoms with Gasteiger partial charge in [-0.15, -0.1) is 0 Å². The Morgan fingerprint density at radius 3 is 1.69 bits per heavy atom. The lowest BCUT2D eigenvalue weighted by Gasteiger charge is -2.23. The Bertz CT molecular complexity index is 1310. The number of hydrogen-bond acceptors (Lipinski definition) is 0. The van der Waals surface area contributed by atoms with Gasteiger partial charge in [-0.25, -0.2) is 0 Å². The van der Waals surface area contributed by atoms with Crippen molar-refractivity contribution in [2.75, 3.05) is 0 Å². The number of aryl methyl sites for hydroxylation is 2. The van der Waals surface area contributed by atoms with Crippen molar-refractivity contribution >= 4 is 43.1 Å². The maximum atomic E-state index is 2.44. The second-order valence-electron chi connectivity index (χ2n) is 8.78. The molecule has 0 amide bonds. The van der Waals surface area contributed by atoms with E-state index in [0.717, 1.165) is 0 Å². The van der Waals surface area contributed by atoms with Gasteiger partial charge in [0.25, 0.3) is 0 Å². The summed E-state index contributed by atoms with van der Waals surface area (Å²) in [4.78, 5) is 0. The topological polar surface area (TPSA) is 0 Å². The summed E-state index contributed by atoms with van der Waals surface area (Å²) < 4.78 is 0. The molecule has 5 rings (SSSR count). The number of benzene rings is 5. The van der Waals surface area contributed by atoms with Gasteiger partial charge in [-0.05, 0) is 85.1 Å². The van der Waals surface area contributed by atoms with Crippen LogP contribution in [0.1, 0.15) is 37.5 Å². The molecule has 0 bridgehead atoms. The van der Waals surface area contributed by atoms with Gasteiger partial charge >= 0.3 is 0 Å². The van der Waals surface area contributed by atoms with Crippen LogP contribution < -0.4 is 0 Å². The van der Waals surface area contributed by atoms with Crippen LogP contribution in [0.3, 0.4) is 0 Å². The Morgan fingerprint density at radius 1 is 0.538 bits per heavy atom. The zero-order valence-electron chi connectivity index (χ0n) is 16.2. The van der Waals surface area contributed by atoms with Gasteiger partial charge in [0.15, 0.2) is 0 Å². The van der Waals surface area contributed by atoms with E-state index in [-0.39, 0.29) is 5.41 Å². The van der Waals surface area contributed by atoms with Crippen molar-refractivity contribution in [2.24, 2.45) is 0 Å². The average molecular weight is 336 g/mol. The molecule has 0 atom stereocenters. The van der Waals surface area contributed by atoms with Crippen LogP contribution in [-0.4, -0.2) is 0 Å². The molecular weight excluding hydrogens is 312 g/mol. The molecule has 5 aromatic carbocycles. The van der Waals surface area contributed by atoms with Crippen molar-refractivity contribution in [3.63, 3.8) is 0 Å². The van der Waals surface area contributed by atoms with Crippen molar-refractivity contribution in [3.8, 4) is 0 Å². The van der Waals surface area contributed by atoms with E-state index >= 15 is 0 Å². The molecule has 0 unspecified atom stereocenters. The standard InChI is InChI=1S/C26H24/c1-15-9-11-20-21-12-10-16(2)22-13-17(26(3,4)5)14-23(25(21)22)19-8-6-7-18(15)24(19)20/h6-14H,1-5H3. The molecule has 0 heteroatoms. The predicted molar refractivity (Wildman–Crippen MR) is 116 cm³/mol. The average Bonchev–Trinajstić information content (AvgIpc) is 2.61. The third-order valence-corrected chi connectivity index (χ3v) is 6.04. The van der Waals surface area contributed by atoms with Crippen molar-refractivity contribution in [2.45, 2.75) is 40.0 Å². The molecule has 128 valence electrons. The van der Waals surface area contributed by atoms with Gasteiger partial charge in [-0.2, -0.15) is 0 Å². The van der Waals surface area contributed by atoms with Crippen LogP contribution in [0.25, 0.3) is 43.1 Å². The highest BCUT2D eigenvalue weighted by atomic mass is 14.2. The lowest BCUT2D eigenvalue weighted by molar-refractivity contribution is 0.592. The lowest BCUT2D eigenvalue weighted by Crippen LogP contribution is -2.11. The van der Waals surface area contributed by atoms with Crippen molar-refractivity contribution in [1.82, 2.24) is 0 Å². The maximum Gasteiger partial charge on any atom is -0.00235 e. The Hall–Kier alpha value is -2.60. The van der Waals surface area contributed by atoms with Crippen LogP contribution in [0, 0.1) is 13.8 Å². The maximum absolute atomic E-state index is 2.44. The first-order valence-electron chi connectivity index (χ1n) is 9.47. The molecule has 0 nitrogen and oxygen atoms in total. The lowest BCUT2D eigenvalue weighted by atomic mass is 9.81. The van der Waals surface area contributed by atoms with Gasteiger partial charge < -0.3 is 0 Å². The Morgan fingerprint density at radius 2 is 1.04 bits per heavy atom. The van der Waals surface area contributed by atoms with E-state index in [9.17, 15) is 0 Å². The fraction of sp³-hybridized carbons (Fsp3) is 0.231. The van der Waals surface area contributed by atoms with Crippen molar-refractivity contribution in [1.29, 1.82) is 0 Å². The molecule has 0 saturated carbocycles. The molecule has 0 aromatic heterocycles. The first kappa shape index (κ1) is 15.6. The molecule has 0 spiro atoms. The molecule has 5 aromatic rings. The van der Waals surface area contributed by atoms with Crippen LogP contribution in [-0.2, 0) is 5.41 Å². The summed E-state index contributed by atoms with van der Waals surface area (Å²) in [6.07, 6.45) is 0. The molecule has 0 N–H and O–H groups in total. The van der Waals surface area contributed by atoms with Crippen LogP contribution in [0.15, 0.2) is 54.6 Å². The fourth-order valence-corrected chi connectivity index (χ4v) is 4.50. The first-order chi connectivity index (χ1) is 12.4. The molecule has 26 heavy (non-hydrogen) atoms. The van der Waals surface area contributed by atoms with Crippen LogP contribution in [0.2, 0.25) is 0 Å². The predicted octanol–water partition coefficient (Wildman–Crippen LogP) is 7.65. The number of hydrogen-bond donors (Lipinski definition) is 0. The van der Waals surface area contributed by atoms with E-state index < -0.39 is 0 Å². The molecule has 0 aliphatic carbocycles. The van der Waals surface area contributed by atoms with Crippen LogP contribution >= 0.6 is 0 Å². The quantitative estimate of drug-likeness (QED) is 0.201. The minimum absolute atomic E-state index is 0.133. The zero-order chi connectivity index (χ0) is 18.2. The third kappa shape index (κ3) is 1.96. The molecule has 0 fully saturated rings. The van der Waals surface area contributed by atoms with Gasteiger partial charge in [0, 0.05) is 0 Å². The Kier molecular flexibility index (Phi) is 2.99. The minimum atomic E-state index is 0.133. The largest absolute Gasteiger partial charge is 0.0610 e. The van der Waals surface area contributed by atoms with Gasteiger partial charge in [-0.1, -0.05) is 69.3 Å². The highest BCUT2D eigenvalue weighted by Crippen LogP contribution is 2.43. The Balaban J connectivity index is 2.18. The summed E-state index contributed by atoms with van der Waals surface area (Å²) in [5.41, 5.74) is 4.25. The van der Waals surface area contributed by atoms with Crippen molar-refractivity contribution < 1.29 is 0 Å². The highest BCUT2D eigenvalue weighted by Gasteiger charge is 2.19. The van der Waals surface area contributed by atoms with E-state index in [1.807, 2.05) is 0 Å². The van der Waals surface area contributed by atoms with Gasteiger partial charge in [0.2, 0.25) is 0 Å². The van der Waals surface area contributed by atoms with Gasteiger partial charge in [0.05, 0.1) is 0 Å². The molecule has 0 saturated heterocycles. The van der Waals surface area contributed by atoms with E-state index in [2.05, 4.69) is 89.2 Å². The summed E-state index contributed by atoms with van der Waals surface area (Å²) in [7, 11) is 0. The SMILES string of the molecule is Cc1ccc2c3ccc(C)c4cc(C(C)(C)C)cc(c5cccc1c25)c43. The summed E-state index contributed by atoms with van der Waals surface area (Å²) in [5, 5.41) is 11.1. The molecule has 0 aliphatic rings. The van der Waals surface area contributed by atoms with Crippen molar-refractivity contribution in [3.05, 3.63) is 71.3 Å². The summed E-state index contributed by atoms with van der Waals surface area (Å²) in [6, 6.07) is 20.8. The van der Waals surface area contributed by atoms with E-state index in [1.54, 1.807) is 0 Å². The van der Waals surface area contributed by atoms with Crippen LogP contribution in [0.5, 0.6) is 0 Å². The van der Waals surface area contributed by atoms with Gasteiger partial charge in [-0.3, -0.25) is 0 Å². The molecule has 0 aliphatic heterocycles. The molecule has 0 radical (unpaired) electrons.